The average molecular weight is 235 g/mol. The van der Waals surface area contributed by atoms with E-state index in [0.717, 1.165) is 6.08 Å². The quantitative estimate of drug-likeness (QED) is 0.566. The molecule has 15 heavy (non-hydrogen) atoms. The lowest BCUT2D eigenvalue weighted by molar-refractivity contribution is -0.118. The fraction of sp³-hybridized carbons (Fsp3) is 0.100. The van der Waals surface area contributed by atoms with Crippen molar-refractivity contribution in [3.63, 3.8) is 0 Å². The Morgan fingerprint density at radius 1 is 1.33 bits per heavy atom. The maximum absolute atomic E-state index is 12.2. The summed E-state index contributed by atoms with van der Waals surface area (Å²) in [6.45, 7) is 0. The highest BCUT2D eigenvalue weighted by atomic mass is 35.5. The third kappa shape index (κ3) is 3.40. The van der Waals surface area contributed by atoms with Crippen molar-refractivity contribution in [2.75, 3.05) is 0 Å². The Balaban J connectivity index is 3.09. The molecule has 5 heteroatoms. The zero-order valence-electron chi connectivity index (χ0n) is 7.38. The maximum Gasteiger partial charge on any atom is 0.419 e. The van der Waals surface area contributed by atoms with Crippen LogP contribution >= 0.6 is 11.6 Å². The van der Waals surface area contributed by atoms with Crippen molar-refractivity contribution in [1.29, 1.82) is 0 Å². The van der Waals surface area contributed by atoms with Gasteiger partial charge in [0, 0.05) is 5.02 Å². The van der Waals surface area contributed by atoms with Gasteiger partial charge in [-0.15, -0.1) is 0 Å². The maximum atomic E-state index is 12.2. The summed E-state index contributed by atoms with van der Waals surface area (Å²) >= 11 is 5.59. The Morgan fingerprint density at radius 3 is 2.47 bits per heavy atom. The van der Waals surface area contributed by atoms with E-state index >= 15 is 0 Å². The highest BCUT2D eigenvalue weighted by molar-refractivity contribution is 6.30. The van der Waals surface area contributed by atoms with E-state index in [1.54, 1.807) is 0 Å². The second kappa shape index (κ2) is 4.49. The fourth-order valence-electron chi connectivity index (χ4n) is 0.959. The van der Waals surface area contributed by atoms with Crippen LogP contribution in [0.3, 0.4) is 0 Å². The number of halogens is 4. The minimum Gasteiger partial charge on any atom is -0.298 e. The number of hydrogen-bond acceptors (Lipinski definition) is 1. The van der Waals surface area contributed by atoms with Crippen molar-refractivity contribution in [2.45, 2.75) is 6.18 Å². The van der Waals surface area contributed by atoms with Gasteiger partial charge in [-0.1, -0.05) is 23.7 Å². The Morgan fingerprint density at radius 2 is 2.00 bits per heavy atom. The van der Waals surface area contributed by atoms with Crippen LogP contribution in [0.4, 0.5) is 13.2 Å². The van der Waals surface area contributed by atoms with Crippen LogP contribution in [0.2, 0.25) is 5.02 Å². The Hall–Kier alpha value is -1.29. The second-order valence-electron chi connectivity index (χ2n) is 2.77. The molecule has 1 aromatic rings. The van der Waals surface area contributed by atoms with E-state index in [2.05, 4.69) is 0 Å². The van der Waals surface area contributed by atoms with Gasteiger partial charge in [-0.3, -0.25) is 4.79 Å². The zero-order chi connectivity index (χ0) is 11.5. The number of allylic oxidation sites excluding steroid dienone is 1. The van der Waals surface area contributed by atoms with Gasteiger partial charge in [0.15, 0.2) is 6.29 Å². The van der Waals surface area contributed by atoms with Crippen LogP contribution in [0.5, 0.6) is 0 Å². The molecular formula is C10H6ClF3O. The minimum absolute atomic E-state index is 0.221. The number of hydrogen-bond donors (Lipinski definition) is 0. The summed E-state index contributed by atoms with van der Waals surface area (Å²) in [5.41, 5.74) is -0.994. The topological polar surface area (TPSA) is 17.1 Å². The molecule has 0 aromatic heterocycles. The largest absolute Gasteiger partial charge is 0.419 e. The number of benzene rings is 1. The molecule has 1 rings (SSSR count). The summed E-state index contributed by atoms with van der Waals surface area (Å²) < 4.78 is 36.5. The first-order valence-corrected chi connectivity index (χ1v) is 4.31. The first-order chi connectivity index (χ1) is 6.93. The standard InChI is InChI=1S/C10H6ClF3O/c11-9-3-1-2-7(5-9)4-8(6-15)10(12,13)14/h1-6H/b8-4+. The highest BCUT2D eigenvalue weighted by Crippen LogP contribution is 2.26. The lowest BCUT2D eigenvalue weighted by atomic mass is 10.1. The van der Waals surface area contributed by atoms with Gasteiger partial charge in [0.25, 0.3) is 0 Å². The average Bonchev–Trinajstić information content (AvgIpc) is 2.12. The van der Waals surface area contributed by atoms with Gasteiger partial charge in [0.05, 0.1) is 5.57 Å². The molecule has 0 aliphatic rings. The molecule has 1 aromatic carbocycles. The van der Waals surface area contributed by atoms with Crippen LogP contribution in [-0.2, 0) is 4.79 Å². The predicted octanol–water partition coefficient (Wildman–Crippen LogP) is 3.48. The zero-order valence-corrected chi connectivity index (χ0v) is 8.14. The Labute approximate surface area is 89.2 Å². The first-order valence-electron chi connectivity index (χ1n) is 3.93. The Bertz CT molecular complexity index is 396. The summed E-state index contributed by atoms with van der Waals surface area (Å²) in [5.74, 6) is 0. The van der Waals surface area contributed by atoms with E-state index in [4.69, 9.17) is 11.6 Å². The Kier molecular flexibility index (Phi) is 3.52. The van der Waals surface area contributed by atoms with E-state index in [0.29, 0.717) is 5.02 Å². The molecule has 0 radical (unpaired) electrons. The molecule has 0 N–H and O–H groups in total. The SMILES string of the molecule is O=C/C(=C\c1cccc(Cl)c1)C(F)(F)F. The summed E-state index contributed by atoms with van der Waals surface area (Å²) in [7, 11) is 0. The van der Waals surface area contributed by atoms with E-state index in [-0.39, 0.29) is 11.8 Å². The molecule has 0 saturated heterocycles. The molecule has 0 aliphatic carbocycles. The number of alkyl halides is 3. The van der Waals surface area contributed by atoms with Gasteiger partial charge >= 0.3 is 6.18 Å². The van der Waals surface area contributed by atoms with Gasteiger partial charge in [0.2, 0.25) is 0 Å². The normalized spacial score (nSPS) is 12.7. The summed E-state index contributed by atoms with van der Waals surface area (Å²) in [6.07, 6.45) is -4.11. The molecular weight excluding hydrogens is 229 g/mol. The van der Waals surface area contributed by atoms with Crippen LogP contribution in [-0.4, -0.2) is 12.5 Å². The van der Waals surface area contributed by atoms with Gasteiger partial charge in [-0.25, -0.2) is 0 Å². The highest BCUT2D eigenvalue weighted by Gasteiger charge is 2.33. The number of carbonyl (C=O) groups is 1. The number of aldehydes is 1. The smallest absolute Gasteiger partial charge is 0.298 e. The molecule has 0 unspecified atom stereocenters. The van der Waals surface area contributed by atoms with Gasteiger partial charge in [-0.05, 0) is 23.8 Å². The first kappa shape index (κ1) is 11.8. The van der Waals surface area contributed by atoms with Gasteiger partial charge in [0.1, 0.15) is 0 Å². The van der Waals surface area contributed by atoms with Gasteiger partial charge in [-0.2, -0.15) is 13.2 Å². The predicted molar refractivity (Wildman–Crippen MR) is 51.5 cm³/mol. The van der Waals surface area contributed by atoms with Crippen molar-refractivity contribution < 1.29 is 18.0 Å². The molecule has 0 saturated carbocycles. The van der Waals surface area contributed by atoms with Crippen LogP contribution in [0, 0.1) is 0 Å². The van der Waals surface area contributed by atoms with Crippen LogP contribution in [0.15, 0.2) is 29.8 Å². The second-order valence-corrected chi connectivity index (χ2v) is 3.21. The molecule has 0 spiro atoms. The molecule has 80 valence electrons. The van der Waals surface area contributed by atoms with E-state index in [9.17, 15) is 18.0 Å². The third-order valence-electron chi connectivity index (χ3n) is 1.63. The third-order valence-corrected chi connectivity index (χ3v) is 1.86. The molecule has 0 heterocycles. The van der Waals surface area contributed by atoms with Crippen molar-refractivity contribution in [1.82, 2.24) is 0 Å². The monoisotopic (exact) mass is 234 g/mol. The van der Waals surface area contributed by atoms with Crippen LogP contribution in [0.1, 0.15) is 5.56 Å². The van der Waals surface area contributed by atoms with Crippen molar-refractivity contribution in [3.8, 4) is 0 Å². The number of rotatable bonds is 2. The van der Waals surface area contributed by atoms with Crippen molar-refractivity contribution in [2.24, 2.45) is 0 Å². The van der Waals surface area contributed by atoms with Gasteiger partial charge < -0.3 is 0 Å². The van der Waals surface area contributed by atoms with E-state index in [1.807, 2.05) is 0 Å². The lowest BCUT2D eigenvalue weighted by Gasteiger charge is -2.04. The fourth-order valence-corrected chi connectivity index (χ4v) is 1.16. The molecule has 0 bridgehead atoms. The lowest BCUT2D eigenvalue weighted by Crippen LogP contribution is -2.12. The van der Waals surface area contributed by atoms with Crippen molar-refractivity contribution in [3.05, 3.63) is 40.4 Å². The summed E-state index contributed by atoms with van der Waals surface area (Å²) in [4.78, 5) is 10.2. The number of carbonyl (C=O) groups excluding carboxylic acids is 1. The van der Waals surface area contributed by atoms with Crippen LogP contribution < -0.4 is 0 Å². The molecule has 0 amide bonds. The van der Waals surface area contributed by atoms with E-state index < -0.39 is 11.7 Å². The van der Waals surface area contributed by atoms with E-state index in [1.165, 1.54) is 24.3 Å². The minimum atomic E-state index is -4.63. The molecule has 0 fully saturated rings. The summed E-state index contributed by atoms with van der Waals surface area (Å²) in [5, 5.41) is 0.316. The molecule has 0 atom stereocenters. The van der Waals surface area contributed by atoms with Crippen LogP contribution in [0.25, 0.3) is 6.08 Å². The molecule has 1 nitrogen and oxygen atoms in total. The van der Waals surface area contributed by atoms with Crippen molar-refractivity contribution >= 4 is 24.0 Å². The molecule has 0 aliphatic heterocycles. The summed E-state index contributed by atoms with van der Waals surface area (Å²) in [6, 6.07) is 5.82.